The van der Waals surface area contributed by atoms with E-state index in [0.29, 0.717) is 0 Å². The summed E-state index contributed by atoms with van der Waals surface area (Å²) in [7, 11) is 2.12. The minimum absolute atomic E-state index is 0.934. The number of likely N-dealkylation sites (tertiary alicyclic amines) is 1. The first-order valence-corrected chi connectivity index (χ1v) is 9.20. The van der Waals surface area contributed by atoms with E-state index in [1.807, 2.05) is 0 Å². The van der Waals surface area contributed by atoms with Crippen molar-refractivity contribution >= 4 is 22.4 Å². The predicted octanol–water partition coefficient (Wildman–Crippen LogP) is 4.61. The zero-order chi connectivity index (χ0) is 17.2. The van der Waals surface area contributed by atoms with Gasteiger partial charge in [-0.3, -0.25) is 4.90 Å². The standard InChI is InChI=1S/C21H26N4/c1-16-7-6-8-18(13-16)23-21-19-9-12-24(2)20(19)17(14-22-21)15-25-10-4-3-5-11-25/h6-9,12-14H,3-5,10-11,15H2,1-2H3,(H,22,23). The molecule has 1 aliphatic heterocycles. The second-order valence-electron chi connectivity index (χ2n) is 7.15. The number of hydrogen-bond acceptors (Lipinski definition) is 3. The van der Waals surface area contributed by atoms with Crippen molar-refractivity contribution < 1.29 is 0 Å². The summed E-state index contributed by atoms with van der Waals surface area (Å²) in [5.74, 6) is 0.934. The van der Waals surface area contributed by atoms with Crippen molar-refractivity contribution in [3.8, 4) is 0 Å². The van der Waals surface area contributed by atoms with Gasteiger partial charge in [0, 0.05) is 42.6 Å². The highest BCUT2D eigenvalue weighted by molar-refractivity contribution is 5.93. The lowest BCUT2D eigenvalue weighted by molar-refractivity contribution is 0.221. The van der Waals surface area contributed by atoms with Gasteiger partial charge < -0.3 is 9.88 Å². The smallest absolute Gasteiger partial charge is 0.139 e. The molecular weight excluding hydrogens is 308 g/mol. The molecule has 1 N–H and O–H groups in total. The Kier molecular flexibility index (Phi) is 4.45. The van der Waals surface area contributed by atoms with E-state index in [1.165, 1.54) is 54.4 Å². The molecule has 1 aliphatic rings. The third-order valence-electron chi connectivity index (χ3n) is 5.10. The molecule has 1 fully saturated rings. The molecular formula is C21H26N4. The highest BCUT2D eigenvalue weighted by Gasteiger charge is 2.16. The molecule has 0 radical (unpaired) electrons. The van der Waals surface area contributed by atoms with Crippen LogP contribution in [0.15, 0.2) is 42.7 Å². The molecule has 25 heavy (non-hydrogen) atoms. The number of piperidine rings is 1. The maximum atomic E-state index is 4.76. The summed E-state index contributed by atoms with van der Waals surface area (Å²) in [4.78, 5) is 7.32. The van der Waals surface area contributed by atoms with Crippen molar-refractivity contribution in [2.24, 2.45) is 7.05 Å². The molecule has 0 bridgehead atoms. The van der Waals surface area contributed by atoms with Gasteiger partial charge in [0.2, 0.25) is 0 Å². The topological polar surface area (TPSA) is 33.1 Å². The molecule has 0 atom stereocenters. The van der Waals surface area contributed by atoms with Crippen LogP contribution in [0.3, 0.4) is 0 Å². The summed E-state index contributed by atoms with van der Waals surface area (Å²) in [5, 5.41) is 4.69. The minimum atomic E-state index is 0.934. The van der Waals surface area contributed by atoms with Crippen LogP contribution in [0.2, 0.25) is 0 Å². The quantitative estimate of drug-likeness (QED) is 0.756. The second-order valence-corrected chi connectivity index (χ2v) is 7.15. The van der Waals surface area contributed by atoms with E-state index in [4.69, 9.17) is 4.98 Å². The lowest BCUT2D eigenvalue weighted by Crippen LogP contribution is -2.29. The first-order chi connectivity index (χ1) is 12.2. The number of aryl methyl sites for hydroxylation is 2. The molecule has 1 aromatic carbocycles. The van der Waals surface area contributed by atoms with Crippen LogP contribution < -0.4 is 5.32 Å². The van der Waals surface area contributed by atoms with Crippen LogP contribution in [0, 0.1) is 6.92 Å². The van der Waals surface area contributed by atoms with Crippen LogP contribution in [0.5, 0.6) is 0 Å². The fourth-order valence-electron chi connectivity index (χ4n) is 3.83. The first kappa shape index (κ1) is 16.2. The molecule has 1 saturated heterocycles. The third kappa shape index (κ3) is 3.40. The first-order valence-electron chi connectivity index (χ1n) is 9.20. The number of benzene rings is 1. The minimum Gasteiger partial charge on any atom is -0.350 e. The number of fused-ring (bicyclic) bond motifs is 1. The van der Waals surface area contributed by atoms with Crippen molar-refractivity contribution in [3.63, 3.8) is 0 Å². The molecule has 3 aromatic rings. The fourth-order valence-corrected chi connectivity index (χ4v) is 3.83. The maximum absolute atomic E-state index is 4.76. The lowest BCUT2D eigenvalue weighted by atomic mass is 10.1. The van der Waals surface area contributed by atoms with Crippen molar-refractivity contribution in [3.05, 3.63) is 53.9 Å². The number of anilines is 2. The van der Waals surface area contributed by atoms with Gasteiger partial charge in [-0.15, -0.1) is 0 Å². The van der Waals surface area contributed by atoms with Crippen molar-refractivity contribution in [2.45, 2.75) is 32.7 Å². The van der Waals surface area contributed by atoms with Gasteiger partial charge in [-0.2, -0.15) is 0 Å². The average molecular weight is 334 g/mol. The number of nitrogens with zero attached hydrogens (tertiary/aromatic N) is 3. The zero-order valence-electron chi connectivity index (χ0n) is 15.1. The average Bonchev–Trinajstić information content (AvgIpc) is 3.01. The van der Waals surface area contributed by atoms with E-state index in [-0.39, 0.29) is 0 Å². The van der Waals surface area contributed by atoms with Crippen LogP contribution >= 0.6 is 0 Å². The van der Waals surface area contributed by atoms with Crippen LogP contribution in [-0.4, -0.2) is 27.5 Å². The number of hydrogen-bond donors (Lipinski definition) is 1. The SMILES string of the molecule is Cc1cccc(Nc2ncc(CN3CCCCC3)c3c2ccn3C)c1. The molecule has 0 saturated carbocycles. The highest BCUT2D eigenvalue weighted by Crippen LogP contribution is 2.29. The van der Waals surface area contributed by atoms with E-state index in [2.05, 4.69) is 71.5 Å². The molecule has 0 aliphatic carbocycles. The fraction of sp³-hybridized carbons (Fsp3) is 0.381. The van der Waals surface area contributed by atoms with E-state index in [1.54, 1.807) is 0 Å². The molecule has 0 unspecified atom stereocenters. The molecule has 4 heteroatoms. The molecule has 0 amide bonds. The molecule has 4 nitrogen and oxygen atoms in total. The monoisotopic (exact) mass is 334 g/mol. The molecule has 2 aromatic heterocycles. The summed E-state index contributed by atoms with van der Waals surface area (Å²) < 4.78 is 2.22. The Labute approximate surface area is 149 Å². The van der Waals surface area contributed by atoms with Crippen LogP contribution in [0.1, 0.15) is 30.4 Å². The van der Waals surface area contributed by atoms with E-state index in [0.717, 1.165) is 18.1 Å². The Morgan fingerprint density at radius 3 is 2.76 bits per heavy atom. The largest absolute Gasteiger partial charge is 0.350 e. The Bertz CT molecular complexity index is 875. The Balaban J connectivity index is 1.67. The third-order valence-corrected chi connectivity index (χ3v) is 5.10. The zero-order valence-corrected chi connectivity index (χ0v) is 15.1. The lowest BCUT2D eigenvalue weighted by Gasteiger charge is -2.26. The predicted molar refractivity (Wildman–Crippen MR) is 104 cm³/mol. The van der Waals surface area contributed by atoms with Gasteiger partial charge in [0.1, 0.15) is 5.82 Å². The maximum Gasteiger partial charge on any atom is 0.139 e. The summed E-state index contributed by atoms with van der Waals surface area (Å²) in [6.45, 7) is 5.51. The molecule has 4 rings (SSSR count). The summed E-state index contributed by atoms with van der Waals surface area (Å²) >= 11 is 0. The number of aromatic nitrogens is 2. The summed E-state index contributed by atoms with van der Waals surface area (Å²) in [6.07, 6.45) is 8.18. The highest BCUT2D eigenvalue weighted by atomic mass is 15.1. The molecule has 3 heterocycles. The van der Waals surface area contributed by atoms with E-state index < -0.39 is 0 Å². The van der Waals surface area contributed by atoms with Gasteiger partial charge in [-0.25, -0.2) is 4.98 Å². The number of rotatable bonds is 4. The molecule has 0 spiro atoms. The van der Waals surface area contributed by atoms with E-state index >= 15 is 0 Å². The van der Waals surface area contributed by atoms with Gasteiger partial charge in [-0.05, 0) is 56.6 Å². The van der Waals surface area contributed by atoms with Crippen molar-refractivity contribution in [1.29, 1.82) is 0 Å². The van der Waals surface area contributed by atoms with Crippen LogP contribution in [-0.2, 0) is 13.6 Å². The number of pyridine rings is 1. The van der Waals surface area contributed by atoms with Gasteiger partial charge >= 0.3 is 0 Å². The van der Waals surface area contributed by atoms with Crippen molar-refractivity contribution in [1.82, 2.24) is 14.5 Å². The van der Waals surface area contributed by atoms with E-state index in [9.17, 15) is 0 Å². The Morgan fingerprint density at radius 1 is 1.12 bits per heavy atom. The molecule has 130 valence electrons. The van der Waals surface area contributed by atoms with Gasteiger partial charge in [0.25, 0.3) is 0 Å². The van der Waals surface area contributed by atoms with Crippen LogP contribution in [0.25, 0.3) is 10.9 Å². The normalized spacial score (nSPS) is 15.6. The summed E-state index contributed by atoms with van der Waals surface area (Å²) in [6, 6.07) is 10.6. The van der Waals surface area contributed by atoms with Gasteiger partial charge in [-0.1, -0.05) is 18.6 Å². The van der Waals surface area contributed by atoms with Gasteiger partial charge in [0.15, 0.2) is 0 Å². The van der Waals surface area contributed by atoms with Crippen molar-refractivity contribution in [2.75, 3.05) is 18.4 Å². The summed E-state index contributed by atoms with van der Waals surface area (Å²) in [5.41, 5.74) is 4.94. The number of nitrogens with one attached hydrogen (secondary N) is 1. The Morgan fingerprint density at radius 2 is 1.96 bits per heavy atom. The second kappa shape index (κ2) is 6.89. The van der Waals surface area contributed by atoms with Crippen LogP contribution in [0.4, 0.5) is 11.5 Å². The van der Waals surface area contributed by atoms with Gasteiger partial charge in [0.05, 0.1) is 5.52 Å². The Hall–Kier alpha value is -2.33.